The smallest absolute Gasteiger partial charge is 0.318 e. The molecule has 1 saturated heterocycles. The second kappa shape index (κ2) is 6.56. The van der Waals surface area contributed by atoms with Gasteiger partial charge in [-0.1, -0.05) is 6.07 Å². The van der Waals surface area contributed by atoms with E-state index < -0.39 is 11.9 Å². The van der Waals surface area contributed by atoms with Crippen LogP contribution in [0.1, 0.15) is 25.0 Å². The third kappa shape index (κ3) is 3.32. The number of rotatable bonds is 4. The zero-order valence-electron chi connectivity index (χ0n) is 12.5. The summed E-state index contributed by atoms with van der Waals surface area (Å²) in [5.74, 6) is -0.867. The summed E-state index contributed by atoms with van der Waals surface area (Å²) in [7, 11) is 3.25. The maximum absolute atomic E-state index is 12.1. The zero-order chi connectivity index (χ0) is 15.4. The number of likely N-dealkylation sites (N-methyl/N-ethyl adjacent to an activating group) is 1. The average molecular weight is 292 g/mol. The Labute approximate surface area is 124 Å². The van der Waals surface area contributed by atoms with Crippen molar-refractivity contribution in [2.24, 2.45) is 5.92 Å². The van der Waals surface area contributed by atoms with Crippen LogP contribution in [0.5, 0.6) is 5.88 Å². The number of piperidine rings is 1. The largest absolute Gasteiger partial charge is 0.481 e. The molecule has 0 radical (unpaired) electrons. The van der Waals surface area contributed by atoms with Gasteiger partial charge in [-0.15, -0.1) is 0 Å². The van der Waals surface area contributed by atoms with Crippen molar-refractivity contribution in [3.8, 4) is 5.88 Å². The number of esters is 1. The Balaban J connectivity index is 2.21. The lowest BCUT2D eigenvalue weighted by molar-refractivity contribution is -0.157. The highest BCUT2D eigenvalue weighted by Crippen LogP contribution is 2.31. The van der Waals surface area contributed by atoms with Gasteiger partial charge in [-0.05, 0) is 19.4 Å². The van der Waals surface area contributed by atoms with Crippen molar-refractivity contribution in [2.75, 3.05) is 27.3 Å². The molecule has 2 atom stereocenters. The molecule has 114 valence electrons. The van der Waals surface area contributed by atoms with Crippen molar-refractivity contribution < 1.29 is 19.1 Å². The van der Waals surface area contributed by atoms with E-state index in [0.29, 0.717) is 18.8 Å². The topological polar surface area (TPSA) is 68.7 Å². The number of likely N-dealkylation sites (tertiary alicyclic amines) is 1. The van der Waals surface area contributed by atoms with E-state index in [1.807, 2.05) is 12.1 Å². The maximum Gasteiger partial charge on any atom is 0.318 e. The number of ether oxygens (including phenoxy) is 2. The van der Waals surface area contributed by atoms with Crippen LogP contribution in [0.4, 0.5) is 0 Å². The third-order valence-electron chi connectivity index (χ3n) is 3.63. The lowest BCUT2D eigenvalue weighted by Crippen LogP contribution is -2.45. The fourth-order valence-corrected chi connectivity index (χ4v) is 2.57. The molecule has 0 spiro atoms. The molecule has 1 amide bonds. The van der Waals surface area contributed by atoms with Crippen LogP contribution in [0.2, 0.25) is 0 Å². The lowest BCUT2D eigenvalue weighted by Gasteiger charge is -2.33. The van der Waals surface area contributed by atoms with Gasteiger partial charge >= 0.3 is 5.97 Å². The molecule has 0 N–H and O–H groups in total. The SMILES string of the molecule is CCOC(=O)C1C[C@H](c2cccc(OC)n2)CN(C)C1=O. The standard InChI is InChI=1S/C15H20N2O4/c1-4-21-15(19)11-8-10(9-17(2)14(11)18)12-6-5-7-13(16-12)20-3/h5-7,10-11H,4,8-9H2,1-3H3/t10-,11?/m0/s1. The monoisotopic (exact) mass is 292 g/mol. The number of pyridine rings is 1. The van der Waals surface area contributed by atoms with Gasteiger partial charge in [0.2, 0.25) is 11.8 Å². The Morgan fingerprint density at radius 2 is 2.24 bits per heavy atom. The molecule has 2 heterocycles. The summed E-state index contributed by atoms with van der Waals surface area (Å²) >= 11 is 0. The van der Waals surface area contributed by atoms with Crippen LogP contribution >= 0.6 is 0 Å². The molecule has 1 aromatic heterocycles. The number of amides is 1. The molecule has 1 aliphatic rings. The predicted octanol–water partition coefficient (Wildman–Crippen LogP) is 1.22. The number of hydrogen-bond donors (Lipinski definition) is 0. The van der Waals surface area contributed by atoms with Gasteiger partial charge in [0.05, 0.1) is 13.7 Å². The first-order valence-corrected chi connectivity index (χ1v) is 6.99. The van der Waals surface area contributed by atoms with Gasteiger partial charge in [0.15, 0.2) is 0 Å². The molecular weight excluding hydrogens is 272 g/mol. The fourth-order valence-electron chi connectivity index (χ4n) is 2.57. The van der Waals surface area contributed by atoms with Crippen molar-refractivity contribution in [3.05, 3.63) is 23.9 Å². The fraction of sp³-hybridized carbons (Fsp3) is 0.533. The van der Waals surface area contributed by atoms with Crippen LogP contribution in [0, 0.1) is 5.92 Å². The summed E-state index contributed by atoms with van der Waals surface area (Å²) in [5, 5.41) is 0. The van der Waals surface area contributed by atoms with Crippen molar-refractivity contribution in [1.29, 1.82) is 0 Å². The van der Waals surface area contributed by atoms with E-state index in [0.717, 1.165) is 5.69 Å². The van der Waals surface area contributed by atoms with Crippen molar-refractivity contribution in [1.82, 2.24) is 9.88 Å². The molecule has 2 rings (SSSR count). The summed E-state index contributed by atoms with van der Waals surface area (Å²) in [6, 6.07) is 5.51. The first-order valence-electron chi connectivity index (χ1n) is 6.99. The van der Waals surface area contributed by atoms with Crippen molar-refractivity contribution in [3.63, 3.8) is 0 Å². The average Bonchev–Trinajstić information content (AvgIpc) is 2.50. The van der Waals surface area contributed by atoms with Gasteiger partial charge in [0, 0.05) is 31.3 Å². The number of carbonyl (C=O) groups excluding carboxylic acids is 2. The second-order valence-electron chi connectivity index (χ2n) is 5.06. The first kappa shape index (κ1) is 15.3. The minimum absolute atomic E-state index is 0.00259. The number of carbonyl (C=O) groups is 2. The quantitative estimate of drug-likeness (QED) is 0.616. The van der Waals surface area contributed by atoms with E-state index in [-0.39, 0.29) is 18.4 Å². The molecule has 0 saturated carbocycles. The molecule has 6 nitrogen and oxygen atoms in total. The van der Waals surface area contributed by atoms with E-state index in [4.69, 9.17) is 9.47 Å². The minimum atomic E-state index is -0.748. The van der Waals surface area contributed by atoms with Gasteiger partial charge in [-0.2, -0.15) is 0 Å². The number of nitrogens with zero attached hydrogens (tertiary/aromatic N) is 2. The second-order valence-corrected chi connectivity index (χ2v) is 5.06. The van der Waals surface area contributed by atoms with Crippen LogP contribution < -0.4 is 4.74 Å². The Kier molecular flexibility index (Phi) is 4.77. The Morgan fingerprint density at radius 3 is 2.90 bits per heavy atom. The third-order valence-corrected chi connectivity index (χ3v) is 3.63. The zero-order valence-corrected chi connectivity index (χ0v) is 12.5. The number of methoxy groups -OCH3 is 1. The lowest BCUT2D eigenvalue weighted by atomic mass is 9.86. The summed E-state index contributed by atoms with van der Waals surface area (Å²) in [6.45, 7) is 2.54. The maximum atomic E-state index is 12.1. The van der Waals surface area contributed by atoms with Gasteiger partial charge in [-0.25, -0.2) is 4.98 Å². The highest BCUT2D eigenvalue weighted by atomic mass is 16.5. The van der Waals surface area contributed by atoms with E-state index in [9.17, 15) is 9.59 Å². The van der Waals surface area contributed by atoms with Crippen molar-refractivity contribution >= 4 is 11.9 Å². The van der Waals surface area contributed by atoms with E-state index in [2.05, 4.69) is 4.98 Å². The van der Waals surface area contributed by atoms with E-state index in [1.165, 1.54) is 0 Å². The van der Waals surface area contributed by atoms with Crippen LogP contribution in [-0.4, -0.2) is 49.1 Å². The van der Waals surface area contributed by atoms with Crippen LogP contribution in [-0.2, 0) is 14.3 Å². The molecule has 1 aliphatic heterocycles. The summed E-state index contributed by atoms with van der Waals surface area (Å²) < 4.78 is 10.1. The van der Waals surface area contributed by atoms with Crippen LogP contribution in [0.15, 0.2) is 18.2 Å². The minimum Gasteiger partial charge on any atom is -0.481 e. The normalized spacial score (nSPS) is 22.0. The van der Waals surface area contributed by atoms with Gasteiger partial charge in [0.1, 0.15) is 5.92 Å². The number of aromatic nitrogens is 1. The van der Waals surface area contributed by atoms with Gasteiger partial charge in [-0.3, -0.25) is 9.59 Å². The summed E-state index contributed by atoms with van der Waals surface area (Å²) in [4.78, 5) is 30.0. The van der Waals surface area contributed by atoms with Crippen LogP contribution in [0.25, 0.3) is 0 Å². The van der Waals surface area contributed by atoms with E-state index >= 15 is 0 Å². The summed E-state index contributed by atoms with van der Waals surface area (Å²) in [6.07, 6.45) is 0.419. The first-order chi connectivity index (χ1) is 10.1. The van der Waals surface area contributed by atoms with Crippen LogP contribution in [0.3, 0.4) is 0 Å². The molecule has 0 aromatic carbocycles. The van der Waals surface area contributed by atoms with Gasteiger partial charge < -0.3 is 14.4 Å². The molecule has 1 unspecified atom stereocenters. The molecule has 1 aromatic rings. The molecule has 0 aliphatic carbocycles. The predicted molar refractivity (Wildman–Crippen MR) is 75.9 cm³/mol. The highest BCUT2D eigenvalue weighted by molar-refractivity contribution is 5.98. The Morgan fingerprint density at radius 1 is 1.48 bits per heavy atom. The van der Waals surface area contributed by atoms with Gasteiger partial charge in [0.25, 0.3) is 0 Å². The molecule has 0 bridgehead atoms. The Bertz CT molecular complexity index is 532. The highest BCUT2D eigenvalue weighted by Gasteiger charge is 2.39. The molecule has 1 fully saturated rings. The molecule has 6 heteroatoms. The van der Waals surface area contributed by atoms with Crippen molar-refractivity contribution in [2.45, 2.75) is 19.3 Å². The molecule has 21 heavy (non-hydrogen) atoms. The Hall–Kier alpha value is -2.11. The summed E-state index contributed by atoms with van der Waals surface area (Å²) in [5.41, 5.74) is 0.822. The van der Waals surface area contributed by atoms with E-state index in [1.54, 1.807) is 32.0 Å². The number of hydrogen-bond acceptors (Lipinski definition) is 5. The molecular formula is C15H20N2O4.